The number of imidazole rings is 1. The SMILES string of the molecule is CN=C(NCc1cccc(NC(=O)c2ccco2)c1)N(C)Cc1ncc(-c2ccccc2)[nH]1.I. The molecule has 2 aromatic heterocycles. The fourth-order valence-electron chi connectivity index (χ4n) is 3.43. The van der Waals surface area contributed by atoms with E-state index in [1.54, 1.807) is 19.2 Å². The van der Waals surface area contributed by atoms with Crippen LogP contribution in [0.15, 0.2) is 88.6 Å². The van der Waals surface area contributed by atoms with Gasteiger partial charge in [0.15, 0.2) is 11.7 Å². The van der Waals surface area contributed by atoms with Crippen LogP contribution in [0, 0.1) is 0 Å². The predicted octanol–water partition coefficient (Wildman–Crippen LogP) is 4.75. The molecule has 0 unspecified atom stereocenters. The van der Waals surface area contributed by atoms with Gasteiger partial charge in [0.25, 0.3) is 5.91 Å². The molecule has 34 heavy (non-hydrogen) atoms. The first-order valence-electron chi connectivity index (χ1n) is 10.6. The molecule has 8 nitrogen and oxygen atoms in total. The molecule has 0 aliphatic heterocycles. The number of aromatic nitrogens is 2. The summed E-state index contributed by atoms with van der Waals surface area (Å²) < 4.78 is 5.14. The zero-order valence-electron chi connectivity index (χ0n) is 19.0. The van der Waals surface area contributed by atoms with Gasteiger partial charge in [0.05, 0.1) is 24.7 Å². The van der Waals surface area contributed by atoms with Crippen molar-refractivity contribution in [3.63, 3.8) is 0 Å². The van der Waals surface area contributed by atoms with Crippen LogP contribution in [-0.4, -0.2) is 40.8 Å². The maximum Gasteiger partial charge on any atom is 0.291 e. The van der Waals surface area contributed by atoms with Gasteiger partial charge in [0.1, 0.15) is 5.82 Å². The fourth-order valence-corrected chi connectivity index (χ4v) is 3.43. The summed E-state index contributed by atoms with van der Waals surface area (Å²) in [6, 6.07) is 21.1. The molecule has 0 radical (unpaired) electrons. The molecule has 0 atom stereocenters. The molecule has 0 fully saturated rings. The number of carbonyl (C=O) groups is 1. The Morgan fingerprint density at radius 2 is 1.94 bits per heavy atom. The van der Waals surface area contributed by atoms with Crippen molar-refractivity contribution in [1.29, 1.82) is 0 Å². The van der Waals surface area contributed by atoms with Crippen LogP contribution in [0.5, 0.6) is 0 Å². The van der Waals surface area contributed by atoms with E-state index in [2.05, 4.69) is 25.6 Å². The Hall–Kier alpha value is -3.60. The Morgan fingerprint density at radius 1 is 1.12 bits per heavy atom. The Morgan fingerprint density at radius 3 is 2.68 bits per heavy atom. The van der Waals surface area contributed by atoms with E-state index in [1.165, 1.54) is 6.26 Å². The van der Waals surface area contributed by atoms with Gasteiger partial charge in [-0.05, 0) is 35.4 Å². The number of nitrogens with one attached hydrogen (secondary N) is 3. The molecule has 0 aliphatic rings. The third-order valence-electron chi connectivity index (χ3n) is 5.05. The van der Waals surface area contributed by atoms with Crippen LogP contribution in [0.25, 0.3) is 11.3 Å². The number of guanidine groups is 1. The summed E-state index contributed by atoms with van der Waals surface area (Å²) in [5.74, 6) is 1.57. The monoisotopic (exact) mass is 570 g/mol. The molecule has 4 rings (SSSR count). The number of amides is 1. The Balaban J connectivity index is 0.00000324. The average molecular weight is 570 g/mol. The van der Waals surface area contributed by atoms with Gasteiger partial charge in [0.2, 0.25) is 0 Å². The first-order valence-corrected chi connectivity index (χ1v) is 10.6. The van der Waals surface area contributed by atoms with E-state index < -0.39 is 0 Å². The third-order valence-corrected chi connectivity index (χ3v) is 5.05. The molecular formula is C25H27IN6O2. The van der Waals surface area contributed by atoms with Crippen molar-refractivity contribution < 1.29 is 9.21 Å². The summed E-state index contributed by atoms with van der Waals surface area (Å²) in [5, 5.41) is 6.20. The Bertz CT molecular complexity index is 1220. The third kappa shape index (κ3) is 6.47. The number of hydrogen-bond donors (Lipinski definition) is 3. The topological polar surface area (TPSA) is 98.5 Å². The summed E-state index contributed by atoms with van der Waals surface area (Å²) in [5.41, 5.74) is 3.78. The van der Waals surface area contributed by atoms with Gasteiger partial charge in [-0.2, -0.15) is 0 Å². The zero-order valence-corrected chi connectivity index (χ0v) is 21.3. The minimum absolute atomic E-state index is 0. The van der Waals surface area contributed by atoms with Crippen molar-refractivity contribution in [1.82, 2.24) is 20.2 Å². The van der Waals surface area contributed by atoms with Crippen molar-refractivity contribution in [2.75, 3.05) is 19.4 Å². The van der Waals surface area contributed by atoms with Crippen LogP contribution in [0.1, 0.15) is 21.9 Å². The number of hydrogen-bond acceptors (Lipinski definition) is 4. The predicted molar refractivity (Wildman–Crippen MR) is 144 cm³/mol. The van der Waals surface area contributed by atoms with Gasteiger partial charge in [0, 0.05) is 26.3 Å². The Kier molecular flexibility index (Phi) is 8.86. The summed E-state index contributed by atoms with van der Waals surface area (Å²) in [6.07, 6.45) is 3.32. The number of furan rings is 1. The Labute approximate surface area is 215 Å². The first-order chi connectivity index (χ1) is 16.1. The lowest BCUT2D eigenvalue weighted by Crippen LogP contribution is -2.38. The van der Waals surface area contributed by atoms with E-state index in [1.807, 2.05) is 72.7 Å². The molecule has 176 valence electrons. The molecule has 0 saturated carbocycles. The molecule has 0 bridgehead atoms. The maximum atomic E-state index is 12.2. The van der Waals surface area contributed by atoms with Crippen LogP contribution < -0.4 is 10.6 Å². The lowest BCUT2D eigenvalue weighted by molar-refractivity contribution is 0.0996. The second-order valence-electron chi connectivity index (χ2n) is 7.50. The van der Waals surface area contributed by atoms with Crippen LogP contribution in [0.2, 0.25) is 0 Å². The van der Waals surface area contributed by atoms with E-state index in [0.29, 0.717) is 18.8 Å². The lowest BCUT2D eigenvalue weighted by Gasteiger charge is -2.21. The number of halogens is 1. The number of benzene rings is 2. The zero-order chi connectivity index (χ0) is 23.0. The number of aromatic amines is 1. The van der Waals surface area contributed by atoms with E-state index in [4.69, 9.17) is 4.42 Å². The van der Waals surface area contributed by atoms with Crippen molar-refractivity contribution >= 4 is 41.5 Å². The summed E-state index contributed by atoms with van der Waals surface area (Å²) in [6.45, 7) is 1.13. The van der Waals surface area contributed by atoms with Crippen LogP contribution in [0.3, 0.4) is 0 Å². The van der Waals surface area contributed by atoms with Crippen molar-refractivity contribution in [3.05, 3.63) is 96.3 Å². The molecule has 4 aromatic rings. The van der Waals surface area contributed by atoms with E-state index in [9.17, 15) is 4.79 Å². The highest BCUT2D eigenvalue weighted by Gasteiger charge is 2.11. The number of aliphatic imine (C=N–C) groups is 1. The molecular weight excluding hydrogens is 543 g/mol. The van der Waals surface area contributed by atoms with Gasteiger partial charge in [-0.3, -0.25) is 9.79 Å². The fraction of sp³-hybridized carbons (Fsp3) is 0.160. The van der Waals surface area contributed by atoms with Gasteiger partial charge in [-0.15, -0.1) is 24.0 Å². The van der Waals surface area contributed by atoms with Gasteiger partial charge in [-0.1, -0.05) is 42.5 Å². The smallest absolute Gasteiger partial charge is 0.291 e. The standard InChI is InChI=1S/C25H26N6O2.HI/c1-26-25(31(2)17-23-27-16-21(30-23)19-9-4-3-5-10-19)28-15-18-8-6-11-20(14-18)29-24(32)22-12-7-13-33-22;/h3-14,16H,15,17H2,1-2H3,(H,26,28)(H,27,30)(H,29,32);1H. The van der Waals surface area contributed by atoms with Crippen molar-refractivity contribution in [3.8, 4) is 11.3 Å². The molecule has 0 aliphatic carbocycles. The van der Waals surface area contributed by atoms with Crippen LogP contribution in [-0.2, 0) is 13.1 Å². The number of H-pyrrole nitrogens is 1. The van der Waals surface area contributed by atoms with Crippen LogP contribution in [0.4, 0.5) is 5.69 Å². The molecule has 3 N–H and O–H groups in total. The molecule has 0 spiro atoms. The number of carbonyl (C=O) groups excluding carboxylic acids is 1. The first kappa shape index (κ1) is 25.0. The number of nitrogens with zero attached hydrogens (tertiary/aromatic N) is 3. The molecule has 0 saturated heterocycles. The summed E-state index contributed by atoms with van der Waals surface area (Å²) in [7, 11) is 3.70. The number of anilines is 1. The number of rotatable bonds is 7. The molecule has 9 heteroatoms. The summed E-state index contributed by atoms with van der Waals surface area (Å²) >= 11 is 0. The second kappa shape index (κ2) is 12.0. The molecule has 2 heterocycles. The molecule has 1 amide bonds. The van der Waals surface area contributed by atoms with Crippen molar-refractivity contribution in [2.45, 2.75) is 13.1 Å². The minimum Gasteiger partial charge on any atom is -0.459 e. The normalized spacial score (nSPS) is 10.9. The van der Waals surface area contributed by atoms with Crippen LogP contribution >= 0.6 is 24.0 Å². The highest BCUT2D eigenvalue weighted by Crippen LogP contribution is 2.17. The second-order valence-corrected chi connectivity index (χ2v) is 7.50. The largest absolute Gasteiger partial charge is 0.459 e. The quantitative estimate of drug-likeness (QED) is 0.169. The highest BCUT2D eigenvalue weighted by atomic mass is 127. The van der Waals surface area contributed by atoms with Gasteiger partial charge < -0.3 is 24.9 Å². The molecule has 2 aromatic carbocycles. The van der Waals surface area contributed by atoms with Gasteiger partial charge in [-0.25, -0.2) is 4.98 Å². The van der Waals surface area contributed by atoms with E-state index in [-0.39, 0.29) is 35.6 Å². The van der Waals surface area contributed by atoms with Gasteiger partial charge >= 0.3 is 0 Å². The summed E-state index contributed by atoms with van der Waals surface area (Å²) in [4.78, 5) is 26.4. The van der Waals surface area contributed by atoms with E-state index in [0.717, 1.165) is 28.6 Å². The lowest BCUT2D eigenvalue weighted by atomic mass is 10.2. The minimum atomic E-state index is -0.283. The van der Waals surface area contributed by atoms with E-state index >= 15 is 0 Å². The average Bonchev–Trinajstić information content (AvgIpc) is 3.53. The van der Waals surface area contributed by atoms with Crippen molar-refractivity contribution in [2.24, 2.45) is 4.99 Å². The highest BCUT2D eigenvalue weighted by molar-refractivity contribution is 14.0. The maximum absolute atomic E-state index is 12.2.